The Morgan fingerprint density at radius 2 is 2.30 bits per heavy atom. The van der Waals surface area contributed by atoms with Crippen LogP contribution < -0.4 is 4.74 Å². The highest BCUT2D eigenvalue weighted by molar-refractivity contribution is 5.78. The Morgan fingerprint density at radius 1 is 1.43 bits per heavy atom. The van der Waals surface area contributed by atoms with Crippen LogP contribution in [0.4, 0.5) is 0 Å². The molecule has 0 spiro atoms. The van der Waals surface area contributed by atoms with Gasteiger partial charge in [0.15, 0.2) is 5.82 Å². The number of aromatic amines is 1. The normalized spacial score (nSPS) is 18.0. The summed E-state index contributed by atoms with van der Waals surface area (Å²) in [6, 6.07) is 3.61. The summed E-state index contributed by atoms with van der Waals surface area (Å²) < 4.78 is 5.09. The summed E-state index contributed by atoms with van der Waals surface area (Å²) in [4.78, 5) is 23.3. The summed E-state index contributed by atoms with van der Waals surface area (Å²) in [5.74, 6) is 2.23. The van der Waals surface area contributed by atoms with E-state index in [1.807, 2.05) is 24.0 Å². The number of carbonyl (C=O) groups excluding carboxylic acids is 1. The van der Waals surface area contributed by atoms with E-state index in [0.29, 0.717) is 11.6 Å². The summed E-state index contributed by atoms with van der Waals surface area (Å²) >= 11 is 0. The number of carbonyl (C=O) groups is 1. The summed E-state index contributed by atoms with van der Waals surface area (Å²) in [6.45, 7) is 2.61. The van der Waals surface area contributed by atoms with Crippen LogP contribution in [0.25, 0.3) is 0 Å². The molecule has 1 N–H and O–H groups in total. The van der Waals surface area contributed by atoms with E-state index in [1.165, 1.54) is 0 Å². The first-order valence-electron chi connectivity index (χ1n) is 7.84. The van der Waals surface area contributed by atoms with E-state index in [0.717, 1.165) is 37.3 Å². The maximum absolute atomic E-state index is 12.7. The number of likely N-dealkylation sites (tertiary alicyclic amines) is 1. The molecule has 7 heteroatoms. The van der Waals surface area contributed by atoms with Crippen LogP contribution in [-0.2, 0) is 11.2 Å². The molecular formula is C16H21N5O2. The van der Waals surface area contributed by atoms with E-state index in [2.05, 4.69) is 20.2 Å². The molecule has 0 aromatic carbocycles. The molecule has 3 heterocycles. The number of nitrogens with zero attached hydrogens (tertiary/aromatic N) is 4. The van der Waals surface area contributed by atoms with Crippen molar-refractivity contribution in [1.29, 1.82) is 0 Å². The fraction of sp³-hybridized carbons (Fsp3) is 0.500. The molecule has 23 heavy (non-hydrogen) atoms. The molecule has 1 saturated heterocycles. The van der Waals surface area contributed by atoms with E-state index in [1.54, 1.807) is 13.3 Å². The van der Waals surface area contributed by atoms with E-state index >= 15 is 0 Å². The molecule has 0 bridgehead atoms. The number of nitrogens with one attached hydrogen (secondary N) is 1. The fourth-order valence-electron chi connectivity index (χ4n) is 2.90. The van der Waals surface area contributed by atoms with Gasteiger partial charge in [-0.25, -0.2) is 4.98 Å². The predicted octanol–water partition coefficient (Wildman–Crippen LogP) is 1.81. The van der Waals surface area contributed by atoms with Gasteiger partial charge in [-0.15, -0.1) is 0 Å². The van der Waals surface area contributed by atoms with Gasteiger partial charge in [-0.2, -0.15) is 5.10 Å². The number of aryl methyl sites for hydroxylation is 1. The van der Waals surface area contributed by atoms with Gasteiger partial charge in [0.25, 0.3) is 0 Å². The highest BCUT2D eigenvalue weighted by Gasteiger charge is 2.30. The van der Waals surface area contributed by atoms with Crippen LogP contribution in [0.2, 0.25) is 0 Å². The van der Waals surface area contributed by atoms with Gasteiger partial charge in [0, 0.05) is 12.2 Å². The van der Waals surface area contributed by atoms with E-state index in [9.17, 15) is 4.79 Å². The third kappa shape index (κ3) is 3.49. The Kier molecular flexibility index (Phi) is 4.55. The maximum Gasteiger partial charge on any atom is 0.229 e. The van der Waals surface area contributed by atoms with Gasteiger partial charge in [0.2, 0.25) is 5.91 Å². The lowest BCUT2D eigenvalue weighted by Gasteiger charge is -2.34. The number of amides is 1. The average Bonchev–Trinajstić information content (AvgIpc) is 3.02. The highest BCUT2D eigenvalue weighted by atomic mass is 16.5. The maximum atomic E-state index is 12.7. The lowest BCUT2D eigenvalue weighted by molar-refractivity contribution is -0.134. The molecule has 3 rings (SSSR count). The van der Waals surface area contributed by atoms with Crippen LogP contribution in [0.15, 0.2) is 18.3 Å². The van der Waals surface area contributed by atoms with Crippen LogP contribution in [0.5, 0.6) is 5.75 Å². The predicted molar refractivity (Wildman–Crippen MR) is 83.9 cm³/mol. The topological polar surface area (TPSA) is 84.0 Å². The third-order valence-corrected chi connectivity index (χ3v) is 4.10. The average molecular weight is 315 g/mol. The molecule has 1 aliphatic heterocycles. The Morgan fingerprint density at radius 3 is 2.96 bits per heavy atom. The van der Waals surface area contributed by atoms with E-state index < -0.39 is 0 Å². The van der Waals surface area contributed by atoms with Gasteiger partial charge in [-0.3, -0.25) is 14.9 Å². The van der Waals surface area contributed by atoms with Gasteiger partial charge in [-0.05, 0) is 38.3 Å². The SMILES string of the molecule is COc1ccc(CC(=O)N2CCCC[C@@H]2c2n[nH]c(C)n2)nc1. The molecular weight excluding hydrogens is 294 g/mol. The lowest BCUT2D eigenvalue weighted by atomic mass is 10.0. The molecule has 1 aliphatic rings. The van der Waals surface area contributed by atoms with Crippen molar-refractivity contribution < 1.29 is 9.53 Å². The molecule has 0 unspecified atom stereocenters. The fourth-order valence-corrected chi connectivity index (χ4v) is 2.90. The molecule has 2 aromatic rings. The van der Waals surface area contributed by atoms with Gasteiger partial charge in [-0.1, -0.05) is 0 Å². The van der Waals surface area contributed by atoms with Crippen LogP contribution in [0.1, 0.15) is 42.6 Å². The molecule has 2 aromatic heterocycles. The summed E-state index contributed by atoms with van der Waals surface area (Å²) in [7, 11) is 1.60. The number of hydrogen-bond donors (Lipinski definition) is 1. The third-order valence-electron chi connectivity index (χ3n) is 4.10. The second-order valence-corrected chi connectivity index (χ2v) is 5.74. The zero-order valence-corrected chi connectivity index (χ0v) is 13.5. The first-order valence-corrected chi connectivity index (χ1v) is 7.84. The zero-order chi connectivity index (χ0) is 16.2. The zero-order valence-electron chi connectivity index (χ0n) is 13.5. The number of rotatable bonds is 4. The largest absolute Gasteiger partial charge is 0.495 e. The number of hydrogen-bond acceptors (Lipinski definition) is 5. The molecule has 122 valence electrons. The first kappa shape index (κ1) is 15.5. The molecule has 7 nitrogen and oxygen atoms in total. The van der Waals surface area contributed by atoms with Gasteiger partial charge in [0.05, 0.1) is 25.8 Å². The summed E-state index contributed by atoms with van der Waals surface area (Å²) in [5, 5.41) is 7.10. The lowest BCUT2D eigenvalue weighted by Crippen LogP contribution is -2.40. The van der Waals surface area contributed by atoms with Crippen molar-refractivity contribution in [2.45, 2.75) is 38.6 Å². The number of H-pyrrole nitrogens is 1. The first-order chi connectivity index (χ1) is 11.2. The molecule has 0 radical (unpaired) electrons. The minimum absolute atomic E-state index is 0.0422. The van der Waals surface area contributed by atoms with Crippen LogP contribution in [0.3, 0.4) is 0 Å². The molecule has 1 fully saturated rings. The Bertz CT molecular complexity index is 667. The molecule has 0 aliphatic carbocycles. The van der Waals surface area contributed by atoms with Crippen molar-refractivity contribution in [3.8, 4) is 5.75 Å². The second-order valence-electron chi connectivity index (χ2n) is 5.74. The van der Waals surface area contributed by atoms with Crippen LogP contribution >= 0.6 is 0 Å². The number of aromatic nitrogens is 4. The smallest absolute Gasteiger partial charge is 0.229 e. The van der Waals surface area contributed by atoms with Crippen LogP contribution in [-0.4, -0.2) is 44.6 Å². The molecule has 1 atom stereocenters. The minimum Gasteiger partial charge on any atom is -0.495 e. The Balaban J connectivity index is 1.73. The number of methoxy groups -OCH3 is 1. The molecule has 0 saturated carbocycles. The second kappa shape index (κ2) is 6.76. The van der Waals surface area contributed by atoms with Gasteiger partial charge >= 0.3 is 0 Å². The van der Waals surface area contributed by atoms with Crippen molar-refractivity contribution >= 4 is 5.91 Å². The number of pyridine rings is 1. The van der Waals surface area contributed by atoms with Crippen molar-refractivity contribution in [2.75, 3.05) is 13.7 Å². The number of piperidine rings is 1. The summed E-state index contributed by atoms with van der Waals surface area (Å²) in [6.07, 6.45) is 4.92. The van der Waals surface area contributed by atoms with E-state index in [4.69, 9.17) is 4.74 Å². The summed E-state index contributed by atoms with van der Waals surface area (Å²) in [5.41, 5.74) is 0.742. The van der Waals surface area contributed by atoms with Gasteiger partial charge < -0.3 is 9.64 Å². The van der Waals surface area contributed by atoms with Crippen molar-refractivity contribution in [1.82, 2.24) is 25.1 Å². The minimum atomic E-state index is -0.0422. The van der Waals surface area contributed by atoms with E-state index in [-0.39, 0.29) is 18.4 Å². The number of ether oxygens (including phenoxy) is 1. The monoisotopic (exact) mass is 315 g/mol. The van der Waals surface area contributed by atoms with Crippen molar-refractivity contribution in [2.24, 2.45) is 0 Å². The quantitative estimate of drug-likeness (QED) is 0.930. The Hall–Kier alpha value is -2.44. The van der Waals surface area contributed by atoms with Crippen LogP contribution in [0, 0.1) is 6.92 Å². The van der Waals surface area contributed by atoms with Gasteiger partial charge in [0.1, 0.15) is 11.6 Å². The Labute approximate surface area is 135 Å². The highest BCUT2D eigenvalue weighted by Crippen LogP contribution is 2.29. The van der Waals surface area contributed by atoms with Crippen molar-refractivity contribution in [3.63, 3.8) is 0 Å². The van der Waals surface area contributed by atoms with Crippen molar-refractivity contribution in [3.05, 3.63) is 35.7 Å². The standard InChI is InChI=1S/C16H21N5O2/c1-11-18-16(20-19-11)14-5-3-4-8-21(14)15(22)9-12-6-7-13(23-2)10-17-12/h6-7,10,14H,3-5,8-9H2,1-2H3,(H,18,19,20)/t14-/m1/s1. The molecule has 1 amide bonds.